The highest BCUT2D eigenvalue weighted by molar-refractivity contribution is 5.39. The Morgan fingerprint density at radius 1 is 1.16 bits per heavy atom. The molecule has 2 nitrogen and oxygen atoms in total. The normalized spacial score (nSPS) is 12.3. The van der Waals surface area contributed by atoms with Gasteiger partial charge in [0.2, 0.25) is 0 Å². The molecule has 0 radical (unpaired) electrons. The van der Waals surface area contributed by atoms with Gasteiger partial charge in [-0.2, -0.15) is 13.2 Å². The zero-order valence-corrected chi connectivity index (χ0v) is 11.6. The Morgan fingerprint density at radius 3 is 2.26 bits per heavy atom. The molecule has 0 heterocycles. The maximum absolute atomic E-state index is 13.0. The van der Waals surface area contributed by atoms with Crippen molar-refractivity contribution in [1.29, 1.82) is 0 Å². The minimum atomic E-state index is -4.40. The molecule has 0 saturated heterocycles. The second kappa shape index (κ2) is 6.28. The first-order valence-electron chi connectivity index (χ1n) is 6.30. The molecule has 1 aromatic carbocycles. The Bertz CT molecular complexity index is 414. The average molecular weight is 275 g/mol. The van der Waals surface area contributed by atoms with E-state index < -0.39 is 11.7 Å². The molecule has 1 rings (SSSR count). The number of hydrogen-bond acceptors (Lipinski definition) is 2. The number of nitrogens with one attached hydrogen (secondary N) is 1. The van der Waals surface area contributed by atoms with Crippen LogP contribution in [0.5, 0.6) is 5.75 Å². The highest BCUT2D eigenvalue weighted by atomic mass is 19.4. The first kappa shape index (κ1) is 15.8. The van der Waals surface area contributed by atoms with E-state index in [2.05, 4.69) is 5.32 Å². The molecule has 0 spiro atoms. The van der Waals surface area contributed by atoms with Gasteiger partial charge in [-0.3, -0.25) is 0 Å². The molecule has 1 aromatic rings. The van der Waals surface area contributed by atoms with Crippen molar-refractivity contribution in [3.8, 4) is 5.75 Å². The van der Waals surface area contributed by atoms with Crippen LogP contribution in [0.25, 0.3) is 0 Å². The Labute approximate surface area is 112 Å². The summed E-state index contributed by atoms with van der Waals surface area (Å²) in [6.45, 7) is 7.70. The van der Waals surface area contributed by atoms with Crippen molar-refractivity contribution in [3.63, 3.8) is 0 Å². The van der Waals surface area contributed by atoms with E-state index in [-0.39, 0.29) is 17.9 Å². The van der Waals surface area contributed by atoms with Gasteiger partial charge in [-0.25, -0.2) is 0 Å². The van der Waals surface area contributed by atoms with E-state index in [1.54, 1.807) is 19.9 Å². The minimum Gasteiger partial charge on any atom is -0.490 e. The second-order valence-electron chi connectivity index (χ2n) is 5.03. The fourth-order valence-electron chi connectivity index (χ4n) is 1.59. The molecule has 0 aliphatic heterocycles. The molecule has 0 bridgehead atoms. The maximum Gasteiger partial charge on any atom is 0.419 e. The van der Waals surface area contributed by atoms with Gasteiger partial charge in [0.05, 0.1) is 11.7 Å². The quantitative estimate of drug-likeness (QED) is 0.877. The van der Waals surface area contributed by atoms with Gasteiger partial charge in [0.1, 0.15) is 5.75 Å². The average Bonchev–Trinajstić information content (AvgIpc) is 2.25. The van der Waals surface area contributed by atoms with Gasteiger partial charge in [0.15, 0.2) is 0 Å². The number of hydrogen-bond donors (Lipinski definition) is 1. The zero-order valence-electron chi connectivity index (χ0n) is 11.6. The maximum atomic E-state index is 13.0. The van der Waals surface area contributed by atoms with E-state index >= 15 is 0 Å². The predicted octanol–water partition coefficient (Wildman–Crippen LogP) is 3.99. The SMILES string of the molecule is CC(C)NCc1ccc(OC(C)C)c(C(F)(F)F)c1. The molecule has 0 fully saturated rings. The summed E-state index contributed by atoms with van der Waals surface area (Å²) in [5.74, 6) is -0.115. The van der Waals surface area contributed by atoms with Crippen LogP contribution in [0, 0.1) is 0 Å². The van der Waals surface area contributed by atoms with Gasteiger partial charge in [0.25, 0.3) is 0 Å². The van der Waals surface area contributed by atoms with Crippen LogP contribution in [0.4, 0.5) is 13.2 Å². The van der Waals surface area contributed by atoms with E-state index in [1.807, 2.05) is 13.8 Å². The van der Waals surface area contributed by atoms with Crippen molar-refractivity contribution in [3.05, 3.63) is 29.3 Å². The molecule has 0 saturated carbocycles. The van der Waals surface area contributed by atoms with E-state index in [4.69, 9.17) is 4.74 Å². The van der Waals surface area contributed by atoms with E-state index in [0.717, 1.165) is 6.07 Å². The minimum absolute atomic E-state index is 0.115. The van der Waals surface area contributed by atoms with Crippen LogP contribution >= 0.6 is 0 Å². The first-order chi connectivity index (χ1) is 8.70. The Kier molecular flexibility index (Phi) is 5.23. The number of benzene rings is 1. The van der Waals surface area contributed by atoms with Crippen molar-refractivity contribution in [2.45, 2.75) is 52.6 Å². The highest BCUT2D eigenvalue weighted by Crippen LogP contribution is 2.37. The second-order valence-corrected chi connectivity index (χ2v) is 5.03. The summed E-state index contributed by atoms with van der Waals surface area (Å²) in [5.41, 5.74) is -0.124. The van der Waals surface area contributed by atoms with E-state index in [0.29, 0.717) is 12.1 Å². The van der Waals surface area contributed by atoms with Crippen LogP contribution in [-0.4, -0.2) is 12.1 Å². The zero-order chi connectivity index (χ0) is 14.6. The van der Waals surface area contributed by atoms with Crippen molar-refractivity contribution in [2.75, 3.05) is 0 Å². The smallest absolute Gasteiger partial charge is 0.419 e. The van der Waals surface area contributed by atoms with Crippen LogP contribution in [0.1, 0.15) is 38.8 Å². The number of halogens is 3. The lowest BCUT2D eigenvalue weighted by Gasteiger charge is -2.18. The fraction of sp³-hybridized carbons (Fsp3) is 0.571. The third kappa shape index (κ3) is 5.11. The third-order valence-electron chi connectivity index (χ3n) is 2.43. The van der Waals surface area contributed by atoms with Crippen molar-refractivity contribution in [2.24, 2.45) is 0 Å². The standard InChI is InChI=1S/C14H20F3NO/c1-9(2)18-8-11-5-6-13(19-10(3)4)12(7-11)14(15,16)17/h5-7,9-10,18H,8H2,1-4H3. The van der Waals surface area contributed by atoms with Crippen LogP contribution in [0.3, 0.4) is 0 Å². The monoisotopic (exact) mass is 275 g/mol. The summed E-state index contributed by atoms with van der Waals surface area (Å²) in [4.78, 5) is 0. The molecule has 108 valence electrons. The molecule has 19 heavy (non-hydrogen) atoms. The summed E-state index contributed by atoms with van der Waals surface area (Å²) < 4.78 is 44.1. The van der Waals surface area contributed by atoms with Gasteiger partial charge in [-0.1, -0.05) is 19.9 Å². The summed E-state index contributed by atoms with van der Waals surface area (Å²) in [5, 5.41) is 3.09. The summed E-state index contributed by atoms with van der Waals surface area (Å²) >= 11 is 0. The largest absolute Gasteiger partial charge is 0.490 e. The lowest BCUT2D eigenvalue weighted by Crippen LogP contribution is -2.22. The molecule has 0 unspecified atom stereocenters. The summed E-state index contributed by atoms with van der Waals surface area (Å²) in [6, 6.07) is 4.41. The van der Waals surface area contributed by atoms with Crippen molar-refractivity contribution in [1.82, 2.24) is 5.32 Å². The van der Waals surface area contributed by atoms with Crippen molar-refractivity contribution >= 4 is 0 Å². The Morgan fingerprint density at radius 2 is 1.79 bits per heavy atom. The topological polar surface area (TPSA) is 21.3 Å². The summed E-state index contributed by atoms with van der Waals surface area (Å²) in [7, 11) is 0. The number of rotatable bonds is 5. The highest BCUT2D eigenvalue weighted by Gasteiger charge is 2.34. The van der Waals surface area contributed by atoms with Crippen LogP contribution in [-0.2, 0) is 12.7 Å². The van der Waals surface area contributed by atoms with Gasteiger partial charge >= 0.3 is 6.18 Å². The number of alkyl halides is 3. The molecule has 1 N–H and O–H groups in total. The van der Waals surface area contributed by atoms with E-state index in [1.165, 1.54) is 6.07 Å². The van der Waals surface area contributed by atoms with Gasteiger partial charge in [0, 0.05) is 12.6 Å². The molecule has 0 amide bonds. The van der Waals surface area contributed by atoms with Gasteiger partial charge in [-0.05, 0) is 31.5 Å². The first-order valence-corrected chi connectivity index (χ1v) is 6.30. The van der Waals surface area contributed by atoms with Crippen LogP contribution in [0.15, 0.2) is 18.2 Å². The molecule has 0 aromatic heterocycles. The Balaban J connectivity index is 3.02. The molecular formula is C14H20F3NO. The lowest BCUT2D eigenvalue weighted by molar-refractivity contribution is -0.139. The molecule has 0 atom stereocenters. The fourth-order valence-corrected chi connectivity index (χ4v) is 1.59. The predicted molar refractivity (Wildman–Crippen MR) is 69.2 cm³/mol. The van der Waals surface area contributed by atoms with E-state index in [9.17, 15) is 13.2 Å². The van der Waals surface area contributed by atoms with Crippen LogP contribution in [0.2, 0.25) is 0 Å². The van der Waals surface area contributed by atoms with Crippen molar-refractivity contribution < 1.29 is 17.9 Å². The molecule has 0 aliphatic carbocycles. The Hall–Kier alpha value is -1.23. The van der Waals surface area contributed by atoms with Crippen LogP contribution < -0.4 is 10.1 Å². The third-order valence-corrected chi connectivity index (χ3v) is 2.43. The lowest BCUT2D eigenvalue weighted by atomic mass is 10.1. The number of ether oxygens (including phenoxy) is 1. The molecule has 5 heteroatoms. The molecular weight excluding hydrogens is 255 g/mol. The van der Waals surface area contributed by atoms with Gasteiger partial charge < -0.3 is 10.1 Å². The summed E-state index contributed by atoms with van der Waals surface area (Å²) in [6.07, 6.45) is -4.70. The van der Waals surface area contributed by atoms with Gasteiger partial charge in [-0.15, -0.1) is 0 Å². The molecule has 0 aliphatic rings.